The molecule has 2 aromatic rings. The minimum Gasteiger partial charge on any atom is -0.465 e. The predicted molar refractivity (Wildman–Crippen MR) is 125 cm³/mol. The normalized spacial score (nSPS) is 25.9. The van der Waals surface area contributed by atoms with Crippen LogP contribution in [0.15, 0.2) is 42.5 Å². The van der Waals surface area contributed by atoms with E-state index in [9.17, 15) is 14.0 Å². The molecule has 180 valence electrons. The lowest BCUT2D eigenvalue weighted by Gasteiger charge is -2.48. The molecule has 1 amide bonds. The fourth-order valence-corrected chi connectivity index (χ4v) is 5.64. The van der Waals surface area contributed by atoms with E-state index >= 15 is 0 Å². The summed E-state index contributed by atoms with van der Waals surface area (Å²) in [7, 11) is 1.36. The molecule has 6 nitrogen and oxygen atoms in total. The second kappa shape index (κ2) is 9.37. The van der Waals surface area contributed by atoms with Crippen molar-refractivity contribution in [1.29, 1.82) is 0 Å². The largest absolute Gasteiger partial charge is 0.465 e. The first-order valence-corrected chi connectivity index (χ1v) is 12.1. The van der Waals surface area contributed by atoms with E-state index in [0.29, 0.717) is 31.7 Å². The fourth-order valence-electron chi connectivity index (χ4n) is 5.64. The number of carbonyl (C=O) groups excluding carboxylic acids is 2. The van der Waals surface area contributed by atoms with Gasteiger partial charge in [-0.2, -0.15) is 0 Å². The van der Waals surface area contributed by atoms with Gasteiger partial charge in [0.25, 0.3) is 0 Å². The molecule has 2 aromatic carbocycles. The van der Waals surface area contributed by atoms with Gasteiger partial charge in [-0.3, -0.25) is 0 Å². The zero-order chi connectivity index (χ0) is 23.7. The number of hydrogen-bond acceptors (Lipinski definition) is 5. The van der Waals surface area contributed by atoms with Crippen LogP contribution in [-0.4, -0.2) is 68.3 Å². The van der Waals surface area contributed by atoms with Gasteiger partial charge in [0.05, 0.1) is 19.3 Å². The lowest BCUT2D eigenvalue weighted by atomic mass is 9.73. The maximum absolute atomic E-state index is 13.6. The Balaban J connectivity index is 1.38. The van der Waals surface area contributed by atoms with Gasteiger partial charge in [0, 0.05) is 24.4 Å². The molecule has 4 aliphatic rings. The van der Waals surface area contributed by atoms with E-state index in [2.05, 4.69) is 4.90 Å². The van der Waals surface area contributed by atoms with Crippen molar-refractivity contribution in [3.05, 3.63) is 70.5 Å². The standard InChI is InChI=1S/C27H31FN2O4/c1-33-25(31)21-4-7-23-20(16-21)8-12-30(17-24(23)19-2-5-22(28)6-3-19)26(32)34-18-27-9-13-29(14-10-27)15-11-27/h2-7,16,24H,8-15,17-18H2,1H3/t24-/m0/s1. The van der Waals surface area contributed by atoms with E-state index in [4.69, 9.17) is 9.47 Å². The number of ether oxygens (including phenoxy) is 2. The summed E-state index contributed by atoms with van der Waals surface area (Å²) in [6.07, 6.45) is 3.56. The molecule has 4 heterocycles. The fraction of sp³-hybridized carbons (Fsp3) is 0.481. The monoisotopic (exact) mass is 466 g/mol. The molecule has 0 aromatic heterocycles. The van der Waals surface area contributed by atoms with Gasteiger partial charge in [0.15, 0.2) is 0 Å². The SMILES string of the molecule is COC(=O)c1ccc2c(c1)CCN(C(=O)OCC13CCN(CC1)CC3)C[C@H]2c1ccc(F)cc1. The summed E-state index contributed by atoms with van der Waals surface area (Å²) in [5.41, 5.74) is 3.55. The Morgan fingerprint density at radius 2 is 1.74 bits per heavy atom. The first-order valence-electron chi connectivity index (χ1n) is 12.1. The van der Waals surface area contributed by atoms with Crippen LogP contribution >= 0.6 is 0 Å². The number of rotatable bonds is 4. The molecule has 0 spiro atoms. The zero-order valence-corrected chi connectivity index (χ0v) is 19.6. The Morgan fingerprint density at radius 1 is 1.03 bits per heavy atom. The summed E-state index contributed by atoms with van der Waals surface area (Å²) in [6.45, 7) is 4.67. The van der Waals surface area contributed by atoms with Crippen molar-refractivity contribution in [3.8, 4) is 0 Å². The van der Waals surface area contributed by atoms with Crippen LogP contribution < -0.4 is 0 Å². The van der Waals surface area contributed by atoms with Crippen molar-refractivity contribution in [2.45, 2.75) is 31.6 Å². The smallest absolute Gasteiger partial charge is 0.409 e. The van der Waals surface area contributed by atoms with Gasteiger partial charge in [-0.15, -0.1) is 0 Å². The lowest BCUT2D eigenvalue weighted by Crippen LogP contribution is -2.50. The van der Waals surface area contributed by atoms with Crippen molar-refractivity contribution in [1.82, 2.24) is 9.80 Å². The van der Waals surface area contributed by atoms with E-state index in [1.807, 2.05) is 12.1 Å². The van der Waals surface area contributed by atoms with Crippen LogP contribution in [0, 0.1) is 11.2 Å². The maximum Gasteiger partial charge on any atom is 0.409 e. The number of amides is 1. The van der Waals surface area contributed by atoms with E-state index in [0.717, 1.165) is 55.6 Å². The number of hydrogen-bond donors (Lipinski definition) is 0. The van der Waals surface area contributed by atoms with Crippen LogP contribution in [0.2, 0.25) is 0 Å². The minimum absolute atomic E-state index is 0.116. The number of fused-ring (bicyclic) bond motifs is 4. The summed E-state index contributed by atoms with van der Waals surface area (Å²) < 4.78 is 24.4. The van der Waals surface area contributed by atoms with Crippen molar-refractivity contribution in [2.75, 3.05) is 46.4 Å². The van der Waals surface area contributed by atoms with E-state index < -0.39 is 0 Å². The number of piperidine rings is 3. The molecular weight excluding hydrogens is 435 g/mol. The Morgan fingerprint density at radius 3 is 2.41 bits per heavy atom. The molecule has 1 atom stereocenters. The highest BCUT2D eigenvalue weighted by atomic mass is 19.1. The number of nitrogens with zero attached hydrogens (tertiary/aromatic N) is 2. The van der Waals surface area contributed by atoms with Crippen molar-refractivity contribution in [2.24, 2.45) is 5.41 Å². The quantitative estimate of drug-likeness (QED) is 0.632. The van der Waals surface area contributed by atoms with Crippen LogP contribution in [0.4, 0.5) is 9.18 Å². The molecular formula is C27H31FN2O4. The summed E-state index contributed by atoms with van der Waals surface area (Å²) >= 11 is 0. The molecule has 7 heteroatoms. The van der Waals surface area contributed by atoms with E-state index in [-0.39, 0.29) is 29.2 Å². The molecule has 0 aliphatic carbocycles. The molecule has 34 heavy (non-hydrogen) atoms. The number of carbonyl (C=O) groups is 2. The molecule has 4 aliphatic heterocycles. The molecule has 6 rings (SSSR count). The molecule has 0 unspecified atom stereocenters. The Hall–Kier alpha value is -2.93. The Kier molecular flexibility index (Phi) is 6.30. The molecule has 0 N–H and O–H groups in total. The Bertz CT molecular complexity index is 1050. The third kappa shape index (κ3) is 4.53. The molecule has 3 saturated heterocycles. The van der Waals surface area contributed by atoms with Gasteiger partial charge >= 0.3 is 12.1 Å². The van der Waals surface area contributed by atoms with Crippen molar-refractivity contribution < 1.29 is 23.5 Å². The van der Waals surface area contributed by atoms with Crippen LogP contribution in [0.3, 0.4) is 0 Å². The second-order valence-corrected chi connectivity index (χ2v) is 9.85. The van der Waals surface area contributed by atoms with Crippen LogP contribution in [-0.2, 0) is 15.9 Å². The predicted octanol–water partition coefficient (Wildman–Crippen LogP) is 4.22. The zero-order valence-electron chi connectivity index (χ0n) is 19.6. The summed E-state index contributed by atoms with van der Waals surface area (Å²) in [5.74, 6) is -0.833. The van der Waals surface area contributed by atoms with Gasteiger partial charge in [0.1, 0.15) is 5.82 Å². The number of halogens is 1. The van der Waals surface area contributed by atoms with Gasteiger partial charge in [-0.1, -0.05) is 18.2 Å². The number of esters is 1. The second-order valence-electron chi connectivity index (χ2n) is 9.85. The lowest BCUT2D eigenvalue weighted by molar-refractivity contribution is -0.0281. The molecule has 0 radical (unpaired) electrons. The average Bonchev–Trinajstić information content (AvgIpc) is 3.08. The summed E-state index contributed by atoms with van der Waals surface area (Å²) in [5, 5.41) is 0. The molecule has 0 saturated carbocycles. The highest BCUT2D eigenvalue weighted by Crippen LogP contribution is 2.40. The minimum atomic E-state index is -0.389. The number of methoxy groups -OCH3 is 1. The first kappa shape index (κ1) is 22.8. The summed E-state index contributed by atoms with van der Waals surface area (Å²) in [4.78, 5) is 29.6. The third-order valence-corrected chi connectivity index (χ3v) is 7.90. The van der Waals surface area contributed by atoms with Gasteiger partial charge in [-0.05, 0) is 86.3 Å². The highest BCUT2D eigenvalue weighted by molar-refractivity contribution is 5.89. The van der Waals surface area contributed by atoms with E-state index in [1.165, 1.54) is 19.2 Å². The van der Waals surface area contributed by atoms with Crippen molar-refractivity contribution in [3.63, 3.8) is 0 Å². The van der Waals surface area contributed by atoms with Crippen LogP contribution in [0.1, 0.15) is 52.2 Å². The first-order chi connectivity index (χ1) is 16.5. The maximum atomic E-state index is 13.6. The highest BCUT2D eigenvalue weighted by Gasteiger charge is 2.41. The van der Waals surface area contributed by atoms with Crippen molar-refractivity contribution >= 4 is 12.1 Å². The summed E-state index contributed by atoms with van der Waals surface area (Å²) in [6, 6.07) is 12.0. The van der Waals surface area contributed by atoms with Crippen LogP contribution in [0.5, 0.6) is 0 Å². The number of benzene rings is 2. The van der Waals surface area contributed by atoms with Gasteiger partial charge in [0.2, 0.25) is 0 Å². The van der Waals surface area contributed by atoms with Gasteiger partial charge < -0.3 is 19.3 Å². The average molecular weight is 467 g/mol. The molecule has 3 fully saturated rings. The van der Waals surface area contributed by atoms with Gasteiger partial charge in [-0.25, -0.2) is 14.0 Å². The third-order valence-electron chi connectivity index (χ3n) is 7.90. The topological polar surface area (TPSA) is 59.1 Å². The Labute approximate surface area is 199 Å². The molecule has 2 bridgehead atoms. The van der Waals surface area contributed by atoms with E-state index in [1.54, 1.807) is 23.1 Å². The van der Waals surface area contributed by atoms with Crippen LogP contribution in [0.25, 0.3) is 0 Å².